The minimum absolute atomic E-state index is 0. The van der Waals surface area contributed by atoms with Gasteiger partial charge in [0, 0.05) is 45.8 Å². The van der Waals surface area contributed by atoms with Gasteiger partial charge in [0.05, 0.1) is 6.26 Å². The molecule has 29 heavy (non-hydrogen) atoms. The van der Waals surface area contributed by atoms with E-state index < -0.39 is 0 Å². The topological polar surface area (TPSA) is 64.3 Å². The van der Waals surface area contributed by atoms with Crippen molar-refractivity contribution in [3.63, 3.8) is 0 Å². The number of carbonyl (C=O) groups excluding carboxylic acids is 1. The van der Waals surface area contributed by atoms with Crippen LogP contribution in [0.15, 0.2) is 27.8 Å². The number of nitrogens with zero attached hydrogens (tertiary/aromatic N) is 4. The summed E-state index contributed by atoms with van der Waals surface area (Å²) in [5, 5.41) is 3.42. The zero-order valence-corrected chi connectivity index (χ0v) is 20.1. The summed E-state index contributed by atoms with van der Waals surface area (Å²) in [6.45, 7) is 12.6. The molecule has 0 bridgehead atoms. The molecule has 0 aliphatic carbocycles. The first kappa shape index (κ1) is 24.0. The molecule has 1 atom stereocenters. The normalized spacial score (nSPS) is 19.6. The lowest BCUT2D eigenvalue weighted by atomic mass is 10.1. The summed E-state index contributed by atoms with van der Waals surface area (Å²) in [4.78, 5) is 24.0. The smallest absolute Gasteiger partial charge is 0.289 e. The Kier molecular flexibility index (Phi) is 10.3. The summed E-state index contributed by atoms with van der Waals surface area (Å²) in [6.07, 6.45) is 5.59. The number of piperidine rings is 1. The number of rotatable bonds is 6. The van der Waals surface area contributed by atoms with E-state index in [-0.39, 0.29) is 29.9 Å². The third kappa shape index (κ3) is 7.16. The molecule has 1 unspecified atom stereocenters. The Bertz CT molecular complexity index is 623. The first-order valence-electron chi connectivity index (χ1n) is 10.8. The first-order valence-corrected chi connectivity index (χ1v) is 10.8. The van der Waals surface area contributed by atoms with Gasteiger partial charge in [-0.3, -0.25) is 9.79 Å². The van der Waals surface area contributed by atoms with Crippen molar-refractivity contribution in [2.45, 2.75) is 33.1 Å². The number of piperazine rings is 1. The number of aliphatic imine (C=N–C) groups is 1. The Balaban J connectivity index is 0.00000300. The summed E-state index contributed by atoms with van der Waals surface area (Å²) in [5.41, 5.74) is 0. The van der Waals surface area contributed by atoms with Gasteiger partial charge >= 0.3 is 0 Å². The van der Waals surface area contributed by atoms with E-state index in [9.17, 15) is 4.79 Å². The molecule has 2 saturated heterocycles. The molecular formula is C21H36IN5O2. The van der Waals surface area contributed by atoms with Crippen LogP contribution < -0.4 is 5.32 Å². The summed E-state index contributed by atoms with van der Waals surface area (Å²) >= 11 is 0. The van der Waals surface area contributed by atoms with Crippen molar-refractivity contribution in [2.24, 2.45) is 10.9 Å². The summed E-state index contributed by atoms with van der Waals surface area (Å²) in [5.74, 6) is 1.91. The lowest BCUT2D eigenvalue weighted by molar-refractivity contribution is 0.0657. The largest absolute Gasteiger partial charge is 0.459 e. The van der Waals surface area contributed by atoms with Crippen LogP contribution in [0.3, 0.4) is 0 Å². The lowest BCUT2D eigenvalue weighted by Gasteiger charge is -2.36. The highest BCUT2D eigenvalue weighted by atomic mass is 127. The van der Waals surface area contributed by atoms with Crippen molar-refractivity contribution >= 4 is 35.8 Å². The van der Waals surface area contributed by atoms with Gasteiger partial charge in [-0.05, 0) is 50.9 Å². The number of nitrogens with one attached hydrogen (secondary N) is 1. The van der Waals surface area contributed by atoms with E-state index in [4.69, 9.17) is 9.41 Å². The van der Waals surface area contributed by atoms with Gasteiger partial charge in [-0.15, -0.1) is 24.0 Å². The summed E-state index contributed by atoms with van der Waals surface area (Å²) < 4.78 is 5.24. The van der Waals surface area contributed by atoms with Gasteiger partial charge < -0.3 is 24.4 Å². The molecule has 3 heterocycles. The van der Waals surface area contributed by atoms with Crippen LogP contribution in [-0.2, 0) is 0 Å². The van der Waals surface area contributed by atoms with Gasteiger partial charge in [-0.25, -0.2) is 0 Å². The number of hydrogen-bond acceptors (Lipinski definition) is 4. The van der Waals surface area contributed by atoms with Crippen molar-refractivity contribution in [3.05, 3.63) is 24.2 Å². The Labute approximate surface area is 191 Å². The van der Waals surface area contributed by atoms with Gasteiger partial charge in [0.1, 0.15) is 0 Å². The SMILES string of the molecule is CCNC(=NCC(C)CN1CCCCC1)N1CCN(C(=O)c2ccco2)CC1.I. The predicted molar refractivity (Wildman–Crippen MR) is 127 cm³/mol. The number of likely N-dealkylation sites (tertiary alicyclic amines) is 1. The van der Waals surface area contributed by atoms with Crippen LogP contribution in [0.4, 0.5) is 0 Å². The minimum atomic E-state index is -0.0262. The molecule has 7 nitrogen and oxygen atoms in total. The van der Waals surface area contributed by atoms with Crippen molar-refractivity contribution in [1.82, 2.24) is 20.0 Å². The third-order valence-electron chi connectivity index (χ3n) is 5.50. The van der Waals surface area contributed by atoms with Gasteiger partial charge in [-0.1, -0.05) is 13.3 Å². The molecular weight excluding hydrogens is 481 g/mol. The van der Waals surface area contributed by atoms with E-state index in [2.05, 4.69) is 29.0 Å². The van der Waals surface area contributed by atoms with Gasteiger partial charge in [0.2, 0.25) is 0 Å². The number of carbonyl (C=O) groups is 1. The first-order chi connectivity index (χ1) is 13.7. The molecule has 2 fully saturated rings. The van der Waals surface area contributed by atoms with E-state index in [0.29, 0.717) is 24.8 Å². The molecule has 3 rings (SSSR count). The third-order valence-corrected chi connectivity index (χ3v) is 5.50. The number of hydrogen-bond donors (Lipinski definition) is 1. The number of halogens is 1. The molecule has 0 radical (unpaired) electrons. The molecule has 1 aromatic heterocycles. The molecule has 0 spiro atoms. The van der Waals surface area contributed by atoms with Gasteiger partial charge in [0.25, 0.3) is 5.91 Å². The van der Waals surface area contributed by atoms with Crippen molar-refractivity contribution in [1.29, 1.82) is 0 Å². The lowest BCUT2D eigenvalue weighted by Crippen LogP contribution is -2.53. The maximum atomic E-state index is 12.4. The van der Waals surface area contributed by atoms with Crippen LogP contribution in [0.5, 0.6) is 0 Å². The number of furan rings is 1. The molecule has 1 amide bonds. The van der Waals surface area contributed by atoms with Crippen LogP contribution >= 0.6 is 24.0 Å². The van der Waals surface area contributed by atoms with Crippen molar-refractivity contribution < 1.29 is 9.21 Å². The summed E-state index contributed by atoms with van der Waals surface area (Å²) in [7, 11) is 0. The molecule has 2 aliphatic rings. The second-order valence-corrected chi connectivity index (χ2v) is 7.92. The standard InChI is InChI=1S/C21H35N5O2.HI/c1-3-22-21(23-16-18(2)17-24-9-5-4-6-10-24)26-13-11-25(12-14-26)20(27)19-8-7-15-28-19;/h7-8,15,18H,3-6,9-14,16-17H2,1-2H3,(H,22,23);1H. The molecule has 1 N–H and O–H groups in total. The number of amides is 1. The Morgan fingerprint density at radius 3 is 2.45 bits per heavy atom. The molecule has 0 saturated carbocycles. The van der Waals surface area contributed by atoms with Crippen LogP contribution in [0, 0.1) is 5.92 Å². The second-order valence-electron chi connectivity index (χ2n) is 7.92. The molecule has 164 valence electrons. The van der Waals surface area contributed by atoms with Gasteiger partial charge in [0.15, 0.2) is 11.7 Å². The maximum absolute atomic E-state index is 12.4. The highest BCUT2D eigenvalue weighted by Gasteiger charge is 2.25. The predicted octanol–water partition coefficient (Wildman–Crippen LogP) is 2.74. The minimum Gasteiger partial charge on any atom is -0.459 e. The van der Waals surface area contributed by atoms with E-state index in [0.717, 1.165) is 38.7 Å². The van der Waals surface area contributed by atoms with E-state index in [1.54, 1.807) is 18.4 Å². The fraction of sp³-hybridized carbons (Fsp3) is 0.714. The Morgan fingerprint density at radius 2 is 1.83 bits per heavy atom. The highest BCUT2D eigenvalue weighted by molar-refractivity contribution is 14.0. The van der Waals surface area contributed by atoms with E-state index >= 15 is 0 Å². The quantitative estimate of drug-likeness (QED) is 0.357. The second kappa shape index (κ2) is 12.4. The Hall–Kier alpha value is -1.29. The highest BCUT2D eigenvalue weighted by Crippen LogP contribution is 2.12. The van der Waals surface area contributed by atoms with Crippen LogP contribution in [0.2, 0.25) is 0 Å². The zero-order valence-electron chi connectivity index (χ0n) is 17.8. The fourth-order valence-electron chi connectivity index (χ4n) is 3.99. The molecule has 2 aliphatic heterocycles. The maximum Gasteiger partial charge on any atom is 0.289 e. The zero-order chi connectivity index (χ0) is 19.8. The van der Waals surface area contributed by atoms with E-state index in [1.807, 2.05) is 4.90 Å². The van der Waals surface area contributed by atoms with Crippen LogP contribution in [0.1, 0.15) is 43.7 Å². The van der Waals surface area contributed by atoms with Crippen molar-refractivity contribution in [2.75, 3.05) is 58.9 Å². The van der Waals surface area contributed by atoms with Crippen LogP contribution in [0.25, 0.3) is 0 Å². The van der Waals surface area contributed by atoms with Crippen molar-refractivity contribution in [3.8, 4) is 0 Å². The average Bonchev–Trinajstić information content (AvgIpc) is 3.26. The Morgan fingerprint density at radius 1 is 1.14 bits per heavy atom. The average molecular weight is 517 g/mol. The molecule has 8 heteroatoms. The van der Waals surface area contributed by atoms with E-state index in [1.165, 1.54) is 32.4 Å². The molecule has 0 aromatic carbocycles. The van der Waals surface area contributed by atoms with Gasteiger partial charge in [-0.2, -0.15) is 0 Å². The monoisotopic (exact) mass is 517 g/mol. The van der Waals surface area contributed by atoms with Crippen LogP contribution in [-0.4, -0.2) is 85.5 Å². The number of guanidine groups is 1. The molecule has 1 aromatic rings. The summed E-state index contributed by atoms with van der Waals surface area (Å²) in [6, 6.07) is 3.48. The fourth-order valence-corrected chi connectivity index (χ4v) is 3.99.